The maximum Gasteiger partial charge on any atom is 0.174 e. The van der Waals surface area contributed by atoms with Gasteiger partial charge < -0.3 is 10.2 Å². The quantitative estimate of drug-likeness (QED) is 0.665. The van der Waals surface area contributed by atoms with Crippen LogP contribution in [0.1, 0.15) is 16.5 Å². The molecule has 1 saturated heterocycles. The summed E-state index contributed by atoms with van der Waals surface area (Å²) < 4.78 is 0. The molecule has 0 aliphatic carbocycles. The van der Waals surface area contributed by atoms with E-state index in [0.717, 1.165) is 28.7 Å². The number of nitrogens with one attached hydrogen (secondary N) is 1. The van der Waals surface area contributed by atoms with E-state index < -0.39 is 0 Å². The van der Waals surface area contributed by atoms with E-state index in [-0.39, 0.29) is 5.37 Å². The molecule has 2 aromatic rings. The second-order valence-electron chi connectivity index (χ2n) is 5.38. The first-order valence-electron chi connectivity index (χ1n) is 7.25. The molecule has 0 radical (unpaired) electrons. The third-order valence-corrected chi connectivity index (χ3v) is 5.82. The standard InChI is InChI=1S/C17H16Cl2N2S2/c1-11-2-5-13(6-3-11)20-17(22)21-8-9-23-16(21)14-7-4-12(18)10-15(14)19/h2-7,10,16H,8-9H2,1H3,(H,20,22)/t16-/m1/s1. The third kappa shape index (κ3) is 3.94. The molecule has 0 aromatic heterocycles. The molecule has 1 N–H and O–H groups in total. The van der Waals surface area contributed by atoms with Gasteiger partial charge in [0.25, 0.3) is 0 Å². The molecular formula is C17H16Cl2N2S2. The number of benzene rings is 2. The van der Waals surface area contributed by atoms with Gasteiger partial charge in [-0.1, -0.05) is 47.0 Å². The summed E-state index contributed by atoms with van der Waals surface area (Å²) in [6.45, 7) is 2.96. The zero-order valence-corrected chi connectivity index (χ0v) is 15.7. The highest BCUT2D eigenvalue weighted by Crippen LogP contribution is 2.41. The van der Waals surface area contributed by atoms with Gasteiger partial charge in [0.1, 0.15) is 5.37 Å². The molecular weight excluding hydrogens is 367 g/mol. The molecule has 0 unspecified atom stereocenters. The largest absolute Gasteiger partial charge is 0.333 e. The molecule has 1 fully saturated rings. The Kier molecular flexibility index (Phi) is 5.37. The SMILES string of the molecule is Cc1ccc(NC(=S)N2CCS[C@@H]2c2ccc(Cl)cc2Cl)cc1. The number of thioether (sulfide) groups is 1. The molecule has 6 heteroatoms. The van der Waals surface area contributed by atoms with Crippen molar-refractivity contribution in [1.29, 1.82) is 0 Å². The molecule has 1 heterocycles. The van der Waals surface area contributed by atoms with Gasteiger partial charge in [0, 0.05) is 33.6 Å². The average molecular weight is 383 g/mol. The summed E-state index contributed by atoms with van der Waals surface area (Å²) in [4.78, 5) is 2.18. The van der Waals surface area contributed by atoms with Gasteiger partial charge in [-0.3, -0.25) is 0 Å². The molecule has 1 atom stereocenters. The van der Waals surface area contributed by atoms with E-state index in [1.165, 1.54) is 5.56 Å². The summed E-state index contributed by atoms with van der Waals surface area (Å²) in [6.07, 6.45) is 0. The number of rotatable bonds is 2. The maximum absolute atomic E-state index is 6.37. The summed E-state index contributed by atoms with van der Waals surface area (Å²) in [5.74, 6) is 1.01. The number of nitrogens with zero attached hydrogens (tertiary/aromatic N) is 1. The molecule has 0 spiro atoms. The predicted octanol–water partition coefficient (Wildman–Crippen LogP) is 5.75. The molecule has 3 rings (SSSR count). The van der Waals surface area contributed by atoms with Gasteiger partial charge in [-0.25, -0.2) is 0 Å². The van der Waals surface area contributed by atoms with Crippen LogP contribution in [0.5, 0.6) is 0 Å². The van der Waals surface area contributed by atoms with Crippen molar-refractivity contribution in [3.8, 4) is 0 Å². The monoisotopic (exact) mass is 382 g/mol. The third-order valence-electron chi connectivity index (χ3n) is 3.68. The van der Waals surface area contributed by atoms with Crippen LogP contribution in [0, 0.1) is 6.92 Å². The van der Waals surface area contributed by atoms with Crippen molar-refractivity contribution >= 4 is 58.0 Å². The summed E-state index contributed by atoms with van der Waals surface area (Å²) >= 11 is 19.8. The number of halogens is 2. The van der Waals surface area contributed by atoms with Crippen molar-refractivity contribution in [2.75, 3.05) is 17.6 Å². The summed E-state index contributed by atoms with van der Waals surface area (Å²) in [5.41, 5.74) is 3.27. The topological polar surface area (TPSA) is 15.3 Å². The van der Waals surface area contributed by atoms with Crippen LogP contribution in [0.2, 0.25) is 10.0 Å². The maximum atomic E-state index is 6.37. The van der Waals surface area contributed by atoms with Crippen molar-refractivity contribution in [1.82, 2.24) is 4.90 Å². The number of thiocarbonyl (C=S) groups is 1. The first-order chi connectivity index (χ1) is 11.0. The van der Waals surface area contributed by atoms with Gasteiger partial charge in [-0.15, -0.1) is 11.8 Å². The Morgan fingerprint density at radius 3 is 2.65 bits per heavy atom. The van der Waals surface area contributed by atoms with Crippen LogP contribution in [-0.2, 0) is 0 Å². The van der Waals surface area contributed by atoms with E-state index in [2.05, 4.69) is 29.3 Å². The van der Waals surface area contributed by atoms with Gasteiger partial charge in [0.2, 0.25) is 0 Å². The Bertz CT molecular complexity index is 719. The van der Waals surface area contributed by atoms with Crippen LogP contribution in [0.3, 0.4) is 0 Å². The van der Waals surface area contributed by atoms with Crippen molar-refractivity contribution < 1.29 is 0 Å². The Labute approximate surface area is 156 Å². The number of anilines is 1. The Morgan fingerprint density at radius 1 is 1.22 bits per heavy atom. The van der Waals surface area contributed by atoms with Crippen molar-refractivity contribution in [2.24, 2.45) is 0 Å². The van der Waals surface area contributed by atoms with Crippen LogP contribution < -0.4 is 5.32 Å². The average Bonchev–Trinajstić information content (AvgIpc) is 2.99. The van der Waals surface area contributed by atoms with Gasteiger partial charge in [0.15, 0.2) is 5.11 Å². The molecule has 1 aliphatic rings. The van der Waals surface area contributed by atoms with Crippen molar-refractivity contribution in [2.45, 2.75) is 12.3 Å². The van der Waals surface area contributed by atoms with E-state index in [1.807, 2.05) is 36.0 Å². The molecule has 1 aliphatic heterocycles. The number of hydrogen-bond donors (Lipinski definition) is 1. The van der Waals surface area contributed by atoms with E-state index in [0.29, 0.717) is 10.0 Å². The van der Waals surface area contributed by atoms with Gasteiger partial charge in [0.05, 0.1) is 0 Å². The highest BCUT2D eigenvalue weighted by Gasteiger charge is 2.30. The second kappa shape index (κ2) is 7.31. The highest BCUT2D eigenvalue weighted by molar-refractivity contribution is 7.99. The lowest BCUT2D eigenvalue weighted by Gasteiger charge is -2.27. The fourth-order valence-electron chi connectivity index (χ4n) is 2.47. The fraction of sp³-hybridized carbons (Fsp3) is 0.235. The van der Waals surface area contributed by atoms with E-state index in [4.69, 9.17) is 35.4 Å². The van der Waals surface area contributed by atoms with E-state index >= 15 is 0 Å². The minimum Gasteiger partial charge on any atom is -0.333 e. The zero-order chi connectivity index (χ0) is 16.4. The van der Waals surface area contributed by atoms with Gasteiger partial charge in [-0.2, -0.15) is 0 Å². The molecule has 0 amide bonds. The first kappa shape index (κ1) is 16.9. The van der Waals surface area contributed by atoms with Crippen molar-refractivity contribution in [3.05, 3.63) is 63.6 Å². The lowest BCUT2D eigenvalue weighted by molar-refractivity contribution is 0.458. The van der Waals surface area contributed by atoms with Crippen LogP contribution in [0.25, 0.3) is 0 Å². The van der Waals surface area contributed by atoms with Crippen LogP contribution in [-0.4, -0.2) is 22.3 Å². The number of hydrogen-bond acceptors (Lipinski definition) is 2. The molecule has 0 saturated carbocycles. The number of aryl methyl sites for hydroxylation is 1. The second-order valence-corrected chi connectivity index (χ2v) is 7.80. The smallest absolute Gasteiger partial charge is 0.174 e. The van der Waals surface area contributed by atoms with Gasteiger partial charge >= 0.3 is 0 Å². The normalized spacial score (nSPS) is 17.3. The predicted molar refractivity (Wildman–Crippen MR) is 106 cm³/mol. The Morgan fingerprint density at radius 2 is 1.96 bits per heavy atom. The lowest BCUT2D eigenvalue weighted by Crippen LogP contribution is -2.34. The van der Waals surface area contributed by atoms with E-state index in [9.17, 15) is 0 Å². The summed E-state index contributed by atoms with van der Waals surface area (Å²) in [7, 11) is 0. The van der Waals surface area contributed by atoms with Gasteiger partial charge in [-0.05, 0) is 43.4 Å². The summed E-state index contributed by atoms with van der Waals surface area (Å²) in [6, 6.07) is 13.8. The minimum atomic E-state index is 0.116. The molecule has 2 nitrogen and oxygen atoms in total. The Hall–Kier alpha value is -0.940. The fourth-order valence-corrected chi connectivity index (χ4v) is 4.73. The van der Waals surface area contributed by atoms with Crippen LogP contribution >= 0.6 is 47.2 Å². The van der Waals surface area contributed by atoms with Crippen molar-refractivity contribution in [3.63, 3.8) is 0 Å². The summed E-state index contributed by atoms with van der Waals surface area (Å²) in [5, 5.41) is 5.48. The first-order valence-corrected chi connectivity index (χ1v) is 9.47. The lowest BCUT2D eigenvalue weighted by atomic mass is 10.2. The van der Waals surface area contributed by atoms with E-state index in [1.54, 1.807) is 6.07 Å². The Balaban J connectivity index is 1.78. The molecule has 120 valence electrons. The van der Waals surface area contributed by atoms with Crippen LogP contribution in [0.4, 0.5) is 5.69 Å². The van der Waals surface area contributed by atoms with Crippen LogP contribution in [0.15, 0.2) is 42.5 Å². The molecule has 23 heavy (non-hydrogen) atoms. The zero-order valence-electron chi connectivity index (χ0n) is 12.6. The molecule has 0 bridgehead atoms. The molecule has 2 aromatic carbocycles. The minimum absolute atomic E-state index is 0.116. The highest BCUT2D eigenvalue weighted by atomic mass is 35.5.